The molecule has 2 aromatic rings. The summed E-state index contributed by atoms with van der Waals surface area (Å²) in [4.78, 5) is 14.7. The van der Waals surface area contributed by atoms with Crippen LogP contribution in [-0.4, -0.2) is 17.0 Å². The fourth-order valence-electron chi connectivity index (χ4n) is 1.89. The Balaban J connectivity index is 2.32. The van der Waals surface area contributed by atoms with E-state index in [2.05, 4.69) is 10.3 Å². The van der Waals surface area contributed by atoms with Crippen molar-refractivity contribution in [3.05, 3.63) is 57.8 Å². The molecule has 1 unspecified atom stereocenters. The Morgan fingerprint density at radius 1 is 1.33 bits per heavy atom. The largest absolute Gasteiger partial charge is 0.432 e. The number of pyridine rings is 1. The van der Waals surface area contributed by atoms with Crippen molar-refractivity contribution in [2.24, 2.45) is 0 Å². The highest BCUT2D eigenvalue weighted by atomic mass is 16.6. The predicted octanol–water partition coefficient (Wildman–Crippen LogP) is 3.37. The van der Waals surface area contributed by atoms with Gasteiger partial charge in [-0.2, -0.15) is 0 Å². The fourth-order valence-corrected chi connectivity index (χ4v) is 1.89. The highest BCUT2D eigenvalue weighted by molar-refractivity contribution is 5.49. The van der Waals surface area contributed by atoms with Gasteiger partial charge in [0.05, 0.1) is 4.92 Å². The second kappa shape index (κ2) is 6.32. The standard InChI is InChI=1S/C15H17N3O3/c1-10-4-5-14(13(8-10)18(19)20)21-15-9-12(6-7-17-15)11(2)16-3/h4-9,11,16H,1-3H3. The van der Waals surface area contributed by atoms with Crippen molar-refractivity contribution in [1.29, 1.82) is 0 Å². The van der Waals surface area contributed by atoms with Crippen molar-refractivity contribution >= 4 is 5.69 Å². The number of benzene rings is 1. The lowest BCUT2D eigenvalue weighted by Gasteiger charge is -2.12. The summed E-state index contributed by atoms with van der Waals surface area (Å²) < 4.78 is 5.58. The van der Waals surface area contributed by atoms with Crippen molar-refractivity contribution in [3.8, 4) is 11.6 Å². The van der Waals surface area contributed by atoms with E-state index >= 15 is 0 Å². The van der Waals surface area contributed by atoms with Crippen LogP contribution in [0.1, 0.15) is 24.1 Å². The van der Waals surface area contributed by atoms with Crippen LogP contribution >= 0.6 is 0 Å². The number of aromatic nitrogens is 1. The lowest BCUT2D eigenvalue weighted by atomic mass is 10.1. The number of rotatable bonds is 5. The Bertz CT molecular complexity index is 658. The number of nitro benzene ring substituents is 1. The molecule has 0 aliphatic heterocycles. The molecule has 110 valence electrons. The van der Waals surface area contributed by atoms with E-state index < -0.39 is 4.92 Å². The van der Waals surface area contributed by atoms with Gasteiger partial charge in [-0.25, -0.2) is 4.98 Å². The molecule has 0 saturated carbocycles. The zero-order chi connectivity index (χ0) is 15.4. The second-order valence-electron chi connectivity index (χ2n) is 4.77. The summed E-state index contributed by atoms with van der Waals surface area (Å²) in [6.07, 6.45) is 1.62. The minimum absolute atomic E-state index is 0.0659. The van der Waals surface area contributed by atoms with Crippen molar-refractivity contribution in [2.45, 2.75) is 19.9 Å². The van der Waals surface area contributed by atoms with Gasteiger partial charge in [-0.1, -0.05) is 6.07 Å². The zero-order valence-corrected chi connectivity index (χ0v) is 12.2. The summed E-state index contributed by atoms with van der Waals surface area (Å²) in [5.41, 5.74) is 1.74. The Hall–Kier alpha value is -2.47. The quantitative estimate of drug-likeness (QED) is 0.674. The molecule has 1 aromatic heterocycles. The second-order valence-corrected chi connectivity index (χ2v) is 4.77. The third-order valence-electron chi connectivity index (χ3n) is 3.22. The highest BCUT2D eigenvalue weighted by Crippen LogP contribution is 2.31. The first-order valence-electron chi connectivity index (χ1n) is 6.57. The predicted molar refractivity (Wildman–Crippen MR) is 79.6 cm³/mol. The van der Waals surface area contributed by atoms with Gasteiger partial charge < -0.3 is 10.1 Å². The number of nitro groups is 1. The highest BCUT2D eigenvalue weighted by Gasteiger charge is 2.16. The first kappa shape index (κ1) is 14.9. The third-order valence-corrected chi connectivity index (χ3v) is 3.22. The average molecular weight is 287 g/mol. The van der Waals surface area contributed by atoms with Crippen LogP contribution in [0.3, 0.4) is 0 Å². The van der Waals surface area contributed by atoms with Crippen LogP contribution in [0.25, 0.3) is 0 Å². The Morgan fingerprint density at radius 3 is 2.76 bits per heavy atom. The molecule has 1 heterocycles. The molecule has 0 fully saturated rings. The Kier molecular flexibility index (Phi) is 4.49. The summed E-state index contributed by atoms with van der Waals surface area (Å²) in [6.45, 7) is 3.80. The van der Waals surface area contributed by atoms with Crippen LogP contribution in [0, 0.1) is 17.0 Å². The monoisotopic (exact) mass is 287 g/mol. The molecule has 2 rings (SSSR count). The average Bonchev–Trinajstić information content (AvgIpc) is 2.48. The van der Waals surface area contributed by atoms with Gasteiger partial charge in [0.1, 0.15) is 0 Å². The van der Waals surface area contributed by atoms with Gasteiger partial charge in [-0.15, -0.1) is 0 Å². The van der Waals surface area contributed by atoms with E-state index in [0.29, 0.717) is 5.88 Å². The first-order valence-corrected chi connectivity index (χ1v) is 6.57. The molecule has 21 heavy (non-hydrogen) atoms. The van der Waals surface area contributed by atoms with Crippen LogP contribution < -0.4 is 10.1 Å². The molecule has 0 aliphatic carbocycles. The maximum absolute atomic E-state index is 11.1. The van der Waals surface area contributed by atoms with Crippen LogP contribution in [0.2, 0.25) is 0 Å². The molecule has 1 atom stereocenters. The van der Waals surface area contributed by atoms with E-state index in [1.54, 1.807) is 31.3 Å². The van der Waals surface area contributed by atoms with E-state index in [-0.39, 0.29) is 17.5 Å². The van der Waals surface area contributed by atoms with Crippen molar-refractivity contribution < 1.29 is 9.66 Å². The Labute approximate surface area is 122 Å². The number of hydrogen-bond acceptors (Lipinski definition) is 5. The van der Waals surface area contributed by atoms with Gasteiger partial charge in [0, 0.05) is 24.4 Å². The smallest absolute Gasteiger partial charge is 0.311 e. The van der Waals surface area contributed by atoms with E-state index in [9.17, 15) is 10.1 Å². The molecule has 0 bridgehead atoms. The lowest BCUT2D eigenvalue weighted by Crippen LogP contribution is -2.12. The number of nitrogens with one attached hydrogen (secondary N) is 1. The maximum atomic E-state index is 11.1. The zero-order valence-electron chi connectivity index (χ0n) is 12.2. The molecule has 0 spiro atoms. The molecule has 0 aliphatic rings. The third kappa shape index (κ3) is 3.55. The van der Waals surface area contributed by atoms with Crippen LogP contribution in [0.15, 0.2) is 36.5 Å². The van der Waals surface area contributed by atoms with E-state index in [4.69, 9.17) is 4.74 Å². The van der Waals surface area contributed by atoms with Crippen LogP contribution in [0.4, 0.5) is 5.69 Å². The van der Waals surface area contributed by atoms with Gasteiger partial charge in [-0.3, -0.25) is 10.1 Å². The van der Waals surface area contributed by atoms with Crippen molar-refractivity contribution in [3.63, 3.8) is 0 Å². The fraction of sp³-hybridized carbons (Fsp3) is 0.267. The van der Waals surface area contributed by atoms with Crippen LogP contribution in [-0.2, 0) is 0 Å². The minimum atomic E-state index is -0.456. The number of nitrogens with zero attached hydrogens (tertiary/aromatic N) is 2. The number of aryl methyl sites for hydroxylation is 1. The van der Waals surface area contributed by atoms with Crippen molar-refractivity contribution in [2.75, 3.05) is 7.05 Å². The van der Waals surface area contributed by atoms with Gasteiger partial charge in [0.25, 0.3) is 0 Å². The topological polar surface area (TPSA) is 77.3 Å². The van der Waals surface area contributed by atoms with Gasteiger partial charge in [0.2, 0.25) is 11.6 Å². The number of ether oxygens (including phenoxy) is 1. The molecule has 1 aromatic carbocycles. The van der Waals surface area contributed by atoms with Gasteiger partial charge in [-0.05, 0) is 44.2 Å². The van der Waals surface area contributed by atoms with Crippen LogP contribution in [0.5, 0.6) is 11.6 Å². The normalized spacial score (nSPS) is 12.0. The minimum Gasteiger partial charge on any atom is -0.432 e. The summed E-state index contributed by atoms with van der Waals surface area (Å²) in [5, 5.41) is 14.2. The van der Waals surface area contributed by atoms with E-state index in [0.717, 1.165) is 11.1 Å². The maximum Gasteiger partial charge on any atom is 0.311 e. The molecule has 6 heteroatoms. The Morgan fingerprint density at radius 2 is 2.10 bits per heavy atom. The first-order chi connectivity index (χ1) is 10.0. The summed E-state index contributed by atoms with van der Waals surface area (Å²) in [5.74, 6) is 0.522. The molecule has 0 saturated heterocycles. The molecular formula is C15H17N3O3. The molecule has 0 radical (unpaired) electrons. The molecule has 6 nitrogen and oxygen atoms in total. The van der Waals surface area contributed by atoms with E-state index in [1.807, 2.05) is 20.0 Å². The number of hydrogen-bond donors (Lipinski definition) is 1. The van der Waals surface area contributed by atoms with Gasteiger partial charge in [0.15, 0.2) is 0 Å². The van der Waals surface area contributed by atoms with Gasteiger partial charge >= 0.3 is 5.69 Å². The van der Waals surface area contributed by atoms with Crippen molar-refractivity contribution in [1.82, 2.24) is 10.3 Å². The molecule has 1 N–H and O–H groups in total. The molecular weight excluding hydrogens is 270 g/mol. The molecule has 0 amide bonds. The summed E-state index contributed by atoms with van der Waals surface area (Å²) in [7, 11) is 1.86. The van der Waals surface area contributed by atoms with E-state index in [1.165, 1.54) is 6.07 Å². The summed E-state index contributed by atoms with van der Waals surface area (Å²) >= 11 is 0. The lowest BCUT2D eigenvalue weighted by molar-refractivity contribution is -0.385. The SMILES string of the molecule is CNC(C)c1ccnc(Oc2ccc(C)cc2[N+](=O)[O-])c1. The summed E-state index contributed by atoms with van der Waals surface area (Å²) in [6, 6.07) is 8.62.